The highest BCUT2D eigenvalue weighted by atomic mass is 15.2. The van der Waals surface area contributed by atoms with E-state index in [9.17, 15) is 0 Å². The molecule has 9 aromatic rings. The Balaban J connectivity index is 1.02. The summed E-state index contributed by atoms with van der Waals surface area (Å²) in [5.41, 5.74) is 22.0. The van der Waals surface area contributed by atoms with Gasteiger partial charge in [0.15, 0.2) is 0 Å². The molecule has 3 aliphatic rings. The van der Waals surface area contributed by atoms with Crippen molar-refractivity contribution in [3.63, 3.8) is 0 Å². The van der Waals surface area contributed by atoms with Crippen LogP contribution in [-0.4, -0.2) is 0 Å². The summed E-state index contributed by atoms with van der Waals surface area (Å²) in [6.45, 7) is 4.71. The number of rotatable bonds is 5. The average Bonchev–Trinajstić information content (AvgIpc) is 3.72. The van der Waals surface area contributed by atoms with Gasteiger partial charge in [-0.25, -0.2) is 0 Å². The third-order valence-electron chi connectivity index (χ3n) is 13.5. The molecule has 0 aromatic heterocycles. The van der Waals surface area contributed by atoms with Gasteiger partial charge in [0.1, 0.15) is 0 Å². The maximum Gasteiger partial charge on any atom is 0.0755 e. The minimum absolute atomic E-state index is 0.0459. The van der Waals surface area contributed by atoms with Crippen LogP contribution in [0.1, 0.15) is 47.2 Å². The molecule has 0 atom stereocenters. The summed E-state index contributed by atoms with van der Waals surface area (Å²) in [6, 6.07) is 80.9. The second kappa shape index (κ2) is 13.0. The van der Waals surface area contributed by atoms with Crippen molar-refractivity contribution in [2.24, 2.45) is 0 Å². The fraction of sp³-hybridized carbons (Fsp3) is 0.0690. The van der Waals surface area contributed by atoms with E-state index >= 15 is 0 Å². The van der Waals surface area contributed by atoms with E-state index in [1.54, 1.807) is 0 Å². The molecule has 0 radical (unpaired) electrons. The molecule has 2 aliphatic carbocycles. The fourth-order valence-electron chi connectivity index (χ4n) is 10.8. The largest absolute Gasteiger partial charge is 0.310 e. The van der Waals surface area contributed by atoms with Crippen molar-refractivity contribution in [3.05, 3.63) is 252 Å². The summed E-state index contributed by atoms with van der Waals surface area (Å²) in [6.07, 6.45) is 0. The molecule has 12 rings (SSSR count). The topological polar surface area (TPSA) is 6.48 Å². The van der Waals surface area contributed by atoms with Crippen molar-refractivity contribution in [2.45, 2.75) is 24.7 Å². The number of benzene rings is 9. The molecule has 2 heteroatoms. The number of hydrogen-bond donors (Lipinski definition) is 0. The summed E-state index contributed by atoms with van der Waals surface area (Å²) in [5.74, 6) is 0. The van der Waals surface area contributed by atoms with E-state index in [2.05, 4.69) is 242 Å². The van der Waals surface area contributed by atoms with Crippen LogP contribution in [0.2, 0.25) is 0 Å². The standard InChI is InChI=1S/C58H42N2/c1-57(2)49-23-11-9-21-45(49)47-35-31-40(37-53(47)57)39-29-32-43(33-30-39)59(41-17-5-3-6-18-41)44-34-36-48-46-22-10-12-24-50(46)58(54(48)38-44)51-25-13-15-27-55(51)60(42-19-7-4-8-20-42)56-28-16-14-26-52(56)58/h3-38H,1-2H3. The van der Waals surface area contributed by atoms with Gasteiger partial charge in [-0.15, -0.1) is 0 Å². The van der Waals surface area contributed by atoms with Gasteiger partial charge in [0.2, 0.25) is 0 Å². The molecular formula is C58H42N2. The molecule has 0 saturated carbocycles. The Bertz CT molecular complexity index is 3080. The molecule has 0 amide bonds. The number of nitrogens with zero attached hydrogens (tertiary/aromatic N) is 2. The lowest BCUT2D eigenvalue weighted by Gasteiger charge is -2.45. The zero-order chi connectivity index (χ0) is 40.0. The van der Waals surface area contributed by atoms with E-state index in [-0.39, 0.29) is 5.41 Å². The van der Waals surface area contributed by atoms with Crippen LogP contribution in [0.5, 0.6) is 0 Å². The summed E-state index contributed by atoms with van der Waals surface area (Å²) in [7, 11) is 0. The van der Waals surface area contributed by atoms with Crippen molar-refractivity contribution in [1.82, 2.24) is 0 Å². The highest BCUT2D eigenvalue weighted by Gasteiger charge is 2.51. The van der Waals surface area contributed by atoms with Crippen LogP contribution in [-0.2, 0) is 10.8 Å². The Morgan fingerprint density at radius 2 is 0.800 bits per heavy atom. The van der Waals surface area contributed by atoms with E-state index in [1.165, 1.54) is 78.1 Å². The average molecular weight is 767 g/mol. The predicted molar refractivity (Wildman–Crippen MR) is 250 cm³/mol. The zero-order valence-electron chi connectivity index (χ0n) is 33.7. The lowest BCUT2D eigenvalue weighted by molar-refractivity contribution is 0.660. The van der Waals surface area contributed by atoms with Gasteiger partial charge in [-0.1, -0.05) is 166 Å². The Hall–Kier alpha value is -7.42. The molecule has 60 heavy (non-hydrogen) atoms. The fourth-order valence-corrected chi connectivity index (χ4v) is 10.8. The predicted octanol–water partition coefficient (Wildman–Crippen LogP) is 15.3. The van der Waals surface area contributed by atoms with Crippen molar-refractivity contribution >= 4 is 34.1 Å². The van der Waals surface area contributed by atoms with Crippen LogP contribution in [0, 0.1) is 0 Å². The zero-order valence-corrected chi connectivity index (χ0v) is 33.7. The molecule has 1 spiro atoms. The van der Waals surface area contributed by atoms with Gasteiger partial charge in [0.25, 0.3) is 0 Å². The second-order valence-electron chi connectivity index (χ2n) is 16.9. The number of para-hydroxylation sites is 4. The van der Waals surface area contributed by atoms with Crippen LogP contribution in [0.3, 0.4) is 0 Å². The van der Waals surface area contributed by atoms with Crippen molar-refractivity contribution in [3.8, 4) is 33.4 Å². The first kappa shape index (κ1) is 34.6. The Morgan fingerprint density at radius 1 is 0.333 bits per heavy atom. The van der Waals surface area contributed by atoms with E-state index in [0.717, 1.165) is 22.7 Å². The van der Waals surface area contributed by atoms with Gasteiger partial charge in [0, 0.05) is 28.2 Å². The molecule has 1 heterocycles. The molecule has 284 valence electrons. The lowest BCUT2D eigenvalue weighted by atomic mass is 9.64. The van der Waals surface area contributed by atoms with Gasteiger partial charge in [-0.3, -0.25) is 0 Å². The molecule has 2 nitrogen and oxygen atoms in total. The van der Waals surface area contributed by atoms with Crippen LogP contribution >= 0.6 is 0 Å². The van der Waals surface area contributed by atoms with Crippen LogP contribution in [0.4, 0.5) is 34.1 Å². The van der Waals surface area contributed by atoms with E-state index in [4.69, 9.17) is 0 Å². The van der Waals surface area contributed by atoms with Gasteiger partial charge >= 0.3 is 0 Å². The number of fused-ring (bicyclic) bond motifs is 12. The summed E-state index contributed by atoms with van der Waals surface area (Å²) in [5, 5.41) is 0. The van der Waals surface area contributed by atoms with Crippen molar-refractivity contribution in [1.29, 1.82) is 0 Å². The highest BCUT2D eigenvalue weighted by Crippen LogP contribution is 2.64. The molecule has 1 aliphatic heterocycles. The van der Waals surface area contributed by atoms with Crippen LogP contribution in [0.15, 0.2) is 218 Å². The van der Waals surface area contributed by atoms with Crippen LogP contribution < -0.4 is 9.80 Å². The second-order valence-corrected chi connectivity index (χ2v) is 16.9. The van der Waals surface area contributed by atoms with Gasteiger partial charge in [0.05, 0.1) is 16.8 Å². The third-order valence-corrected chi connectivity index (χ3v) is 13.5. The third kappa shape index (κ3) is 4.82. The Morgan fingerprint density at radius 3 is 1.48 bits per heavy atom. The molecule has 0 unspecified atom stereocenters. The minimum Gasteiger partial charge on any atom is -0.310 e. The van der Waals surface area contributed by atoms with Crippen molar-refractivity contribution in [2.75, 3.05) is 9.80 Å². The molecule has 9 aromatic carbocycles. The Labute approximate surface area is 352 Å². The lowest BCUT2D eigenvalue weighted by Crippen LogP contribution is -2.36. The summed E-state index contributed by atoms with van der Waals surface area (Å²) in [4.78, 5) is 4.86. The van der Waals surface area contributed by atoms with Gasteiger partial charge in [-0.2, -0.15) is 0 Å². The normalized spacial score (nSPS) is 14.4. The number of hydrogen-bond acceptors (Lipinski definition) is 2. The smallest absolute Gasteiger partial charge is 0.0755 e. The summed E-state index contributed by atoms with van der Waals surface area (Å²) < 4.78 is 0. The maximum absolute atomic E-state index is 2.47. The first-order valence-electron chi connectivity index (χ1n) is 21.0. The van der Waals surface area contributed by atoms with E-state index in [1.807, 2.05) is 0 Å². The molecule has 0 saturated heterocycles. The molecule has 0 fully saturated rings. The monoisotopic (exact) mass is 766 g/mol. The minimum atomic E-state index is -0.534. The number of anilines is 6. The van der Waals surface area contributed by atoms with E-state index in [0.29, 0.717) is 0 Å². The highest BCUT2D eigenvalue weighted by molar-refractivity contribution is 5.97. The Kier molecular flexibility index (Phi) is 7.52. The van der Waals surface area contributed by atoms with Gasteiger partial charge in [-0.05, 0) is 133 Å². The van der Waals surface area contributed by atoms with Crippen molar-refractivity contribution < 1.29 is 0 Å². The maximum atomic E-state index is 2.47. The van der Waals surface area contributed by atoms with Gasteiger partial charge < -0.3 is 9.80 Å². The SMILES string of the molecule is CC1(C)c2ccccc2-c2ccc(-c3ccc(N(c4ccccc4)c4ccc5c(c4)C4(c6ccccc6-5)c5ccccc5N(c5ccccc5)c5ccccc54)cc3)cc21. The van der Waals surface area contributed by atoms with E-state index < -0.39 is 5.41 Å². The molecule has 0 N–H and O–H groups in total. The van der Waals surface area contributed by atoms with Crippen LogP contribution in [0.25, 0.3) is 33.4 Å². The molecule has 0 bridgehead atoms. The first-order valence-corrected chi connectivity index (χ1v) is 21.0. The summed E-state index contributed by atoms with van der Waals surface area (Å²) >= 11 is 0. The first-order chi connectivity index (χ1) is 29.5. The molecular weight excluding hydrogens is 725 g/mol. The quantitative estimate of drug-likeness (QED) is 0.172.